The number of carbonyl (C=O) groups excluding carboxylic acids is 1. The number of nitrogens with zero attached hydrogens (tertiary/aromatic N) is 6. The Morgan fingerprint density at radius 2 is 2.12 bits per heavy atom. The van der Waals surface area contributed by atoms with E-state index in [-0.39, 0.29) is 17.1 Å². The minimum Gasteiger partial charge on any atom is -0.349 e. The molecule has 8 nitrogen and oxygen atoms in total. The summed E-state index contributed by atoms with van der Waals surface area (Å²) in [6, 6.07) is 1.92. The van der Waals surface area contributed by atoms with Gasteiger partial charge in [0.1, 0.15) is 5.82 Å². The second-order valence-corrected chi connectivity index (χ2v) is 7.21. The molecule has 0 aromatic carbocycles. The van der Waals surface area contributed by atoms with Crippen LogP contribution in [0, 0.1) is 19.3 Å². The first kappa shape index (κ1) is 16.7. The van der Waals surface area contributed by atoms with Crippen LogP contribution in [-0.4, -0.2) is 41.6 Å². The molecule has 0 spiro atoms. The maximum Gasteiger partial charge on any atom is 0.289 e. The number of hydrogen-bond donors (Lipinski definition) is 1. The Morgan fingerprint density at radius 3 is 2.85 bits per heavy atom. The quantitative estimate of drug-likeness (QED) is 0.729. The smallest absolute Gasteiger partial charge is 0.289 e. The van der Waals surface area contributed by atoms with E-state index in [4.69, 9.17) is 0 Å². The van der Waals surface area contributed by atoms with Gasteiger partial charge in [0.25, 0.3) is 11.7 Å². The normalized spacial score (nSPS) is 15.3. The van der Waals surface area contributed by atoms with Gasteiger partial charge in [-0.25, -0.2) is 9.97 Å². The highest BCUT2D eigenvalue weighted by molar-refractivity contribution is 5.91. The van der Waals surface area contributed by atoms with E-state index in [1.165, 1.54) is 0 Å². The molecule has 1 aliphatic rings. The molecule has 0 radical (unpaired) electrons. The summed E-state index contributed by atoms with van der Waals surface area (Å²) in [7, 11) is 0. The van der Waals surface area contributed by atoms with Crippen molar-refractivity contribution in [2.24, 2.45) is 5.41 Å². The predicted octanol–water partition coefficient (Wildman–Crippen LogP) is 1.71. The van der Waals surface area contributed by atoms with E-state index in [9.17, 15) is 4.79 Å². The standard InChI is InChI=1S/C18H23N7O/c1-4-14-19-7-8-24(14)11-18(5-6-18)10-20-16(26)15-22-23-17-21-12(2)9-13(3)25(15)17/h7-9H,4-6,10-11H2,1-3H3,(H,20,26). The number of carbonyl (C=O) groups is 1. The number of imidazole rings is 1. The first-order valence-corrected chi connectivity index (χ1v) is 8.99. The maximum absolute atomic E-state index is 12.7. The van der Waals surface area contributed by atoms with Crippen LogP contribution in [0.15, 0.2) is 18.5 Å². The molecular weight excluding hydrogens is 330 g/mol. The summed E-state index contributed by atoms with van der Waals surface area (Å²) >= 11 is 0. The number of aromatic nitrogens is 6. The van der Waals surface area contributed by atoms with Crippen LogP contribution in [0.2, 0.25) is 0 Å². The van der Waals surface area contributed by atoms with Gasteiger partial charge < -0.3 is 9.88 Å². The van der Waals surface area contributed by atoms with Gasteiger partial charge in [0.15, 0.2) is 0 Å². The number of rotatable bonds is 6. The van der Waals surface area contributed by atoms with Crippen molar-refractivity contribution in [2.75, 3.05) is 6.54 Å². The minimum atomic E-state index is -0.209. The second-order valence-electron chi connectivity index (χ2n) is 7.21. The average Bonchev–Trinajstić information content (AvgIpc) is 3.02. The van der Waals surface area contributed by atoms with Crippen LogP contribution in [0.4, 0.5) is 0 Å². The fourth-order valence-electron chi connectivity index (χ4n) is 3.45. The highest BCUT2D eigenvalue weighted by Crippen LogP contribution is 2.46. The Morgan fingerprint density at radius 1 is 1.31 bits per heavy atom. The lowest BCUT2D eigenvalue weighted by Gasteiger charge is -2.18. The molecule has 1 fully saturated rings. The summed E-state index contributed by atoms with van der Waals surface area (Å²) in [4.78, 5) is 21.4. The molecule has 0 atom stereocenters. The molecule has 0 unspecified atom stereocenters. The lowest BCUT2D eigenvalue weighted by atomic mass is 10.1. The zero-order valence-electron chi connectivity index (χ0n) is 15.4. The largest absolute Gasteiger partial charge is 0.349 e. The summed E-state index contributed by atoms with van der Waals surface area (Å²) in [5.74, 6) is 1.62. The van der Waals surface area contributed by atoms with Crippen LogP contribution in [0.1, 0.15) is 47.6 Å². The molecule has 0 aliphatic heterocycles. The third-order valence-electron chi connectivity index (χ3n) is 5.10. The van der Waals surface area contributed by atoms with Crippen molar-refractivity contribution in [3.05, 3.63) is 41.5 Å². The third kappa shape index (κ3) is 2.95. The van der Waals surface area contributed by atoms with Gasteiger partial charge in [0, 0.05) is 48.7 Å². The summed E-state index contributed by atoms with van der Waals surface area (Å²) in [5, 5.41) is 11.1. The molecule has 136 valence electrons. The molecule has 8 heteroatoms. The molecular formula is C18H23N7O. The average molecular weight is 353 g/mol. The van der Waals surface area contributed by atoms with E-state index in [0.717, 1.165) is 43.0 Å². The van der Waals surface area contributed by atoms with Gasteiger partial charge in [-0.2, -0.15) is 0 Å². The van der Waals surface area contributed by atoms with E-state index in [1.54, 1.807) is 4.40 Å². The maximum atomic E-state index is 12.7. The molecule has 1 N–H and O–H groups in total. The van der Waals surface area contributed by atoms with Crippen molar-refractivity contribution in [3.63, 3.8) is 0 Å². The van der Waals surface area contributed by atoms with Gasteiger partial charge in [0.05, 0.1) is 0 Å². The molecule has 3 aromatic rings. The zero-order valence-corrected chi connectivity index (χ0v) is 15.4. The van der Waals surface area contributed by atoms with E-state index < -0.39 is 0 Å². The van der Waals surface area contributed by atoms with Crippen molar-refractivity contribution in [1.82, 2.24) is 34.4 Å². The Bertz CT molecular complexity index is 967. The number of aryl methyl sites for hydroxylation is 3. The van der Waals surface area contributed by atoms with Gasteiger partial charge in [-0.3, -0.25) is 9.20 Å². The Balaban J connectivity index is 1.48. The van der Waals surface area contributed by atoms with Gasteiger partial charge >= 0.3 is 0 Å². The number of hydrogen-bond acceptors (Lipinski definition) is 5. The molecule has 0 saturated heterocycles. The number of nitrogens with one attached hydrogen (secondary N) is 1. The lowest BCUT2D eigenvalue weighted by molar-refractivity contribution is 0.0931. The van der Waals surface area contributed by atoms with Crippen LogP contribution < -0.4 is 5.32 Å². The van der Waals surface area contributed by atoms with Crippen molar-refractivity contribution < 1.29 is 4.79 Å². The zero-order chi connectivity index (χ0) is 18.3. The first-order chi connectivity index (χ1) is 12.5. The number of amides is 1. The number of fused-ring (bicyclic) bond motifs is 1. The highest BCUT2D eigenvalue weighted by Gasteiger charge is 2.43. The SMILES string of the molecule is CCc1nccn1CC1(CNC(=O)c2nnc3nc(C)cc(C)n23)CC1. The topological polar surface area (TPSA) is 90.0 Å². The van der Waals surface area contributed by atoms with E-state index >= 15 is 0 Å². The Hall–Kier alpha value is -2.77. The van der Waals surface area contributed by atoms with Crippen LogP contribution in [0.3, 0.4) is 0 Å². The van der Waals surface area contributed by atoms with Gasteiger partial charge in [-0.05, 0) is 32.8 Å². The van der Waals surface area contributed by atoms with Gasteiger partial charge in [-0.1, -0.05) is 6.92 Å². The summed E-state index contributed by atoms with van der Waals surface area (Å²) < 4.78 is 3.90. The third-order valence-corrected chi connectivity index (χ3v) is 5.10. The molecule has 1 amide bonds. The van der Waals surface area contributed by atoms with Crippen LogP contribution in [-0.2, 0) is 13.0 Å². The molecule has 0 bridgehead atoms. The summed E-state index contributed by atoms with van der Waals surface area (Å²) in [5.41, 5.74) is 1.87. The fraction of sp³-hybridized carbons (Fsp3) is 0.500. The Labute approximate surface area is 151 Å². The predicted molar refractivity (Wildman–Crippen MR) is 95.9 cm³/mol. The Kier molecular flexibility index (Phi) is 3.97. The lowest BCUT2D eigenvalue weighted by Crippen LogP contribution is -2.33. The minimum absolute atomic E-state index is 0.116. The van der Waals surface area contributed by atoms with Gasteiger partial charge in [-0.15, -0.1) is 10.2 Å². The molecule has 4 rings (SSSR count). The van der Waals surface area contributed by atoms with Crippen molar-refractivity contribution in [3.8, 4) is 0 Å². The molecule has 26 heavy (non-hydrogen) atoms. The van der Waals surface area contributed by atoms with Crippen molar-refractivity contribution in [2.45, 2.75) is 46.6 Å². The molecule has 3 heterocycles. The molecule has 1 saturated carbocycles. The van der Waals surface area contributed by atoms with Crippen molar-refractivity contribution >= 4 is 11.7 Å². The van der Waals surface area contributed by atoms with E-state index in [1.807, 2.05) is 32.3 Å². The van der Waals surface area contributed by atoms with E-state index in [2.05, 4.69) is 37.0 Å². The molecule has 3 aromatic heterocycles. The van der Waals surface area contributed by atoms with Crippen LogP contribution in [0.25, 0.3) is 5.78 Å². The van der Waals surface area contributed by atoms with Gasteiger partial charge in [0.2, 0.25) is 5.82 Å². The second kappa shape index (κ2) is 6.19. The monoisotopic (exact) mass is 353 g/mol. The highest BCUT2D eigenvalue weighted by atomic mass is 16.2. The first-order valence-electron chi connectivity index (χ1n) is 8.99. The van der Waals surface area contributed by atoms with Crippen molar-refractivity contribution in [1.29, 1.82) is 0 Å². The summed E-state index contributed by atoms with van der Waals surface area (Å²) in [6.45, 7) is 7.44. The van der Waals surface area contributed by atoms with Crippen LogP contribution >= 0.6 is 0 Å². The fourth-order valence-corrected chi connectivity index (χ4v) is 3.45. The summed E-state index contributed by atoms with van der Waals surface area (Å²) in [6.07, 6.45) is 6.98. The van der Waals surface area contributed by atoms with Crippen LogP contribution in [0.5, 0.6) is 0 Å². The van der Waals surface area contributed by atoms with E-state index in [0.29, 0.717) is 12.3 Å². The molecule has 1 aliphatic carbocycles.